The summed E-state index contributed by atoms with van der Waals surface area (Å²) < 4.78 is 1.29. The minimum absolute atomic E-state index is 0.0482. The first-order chi connectivity index (χ1) is 9.36. The Kier molecular flexibility index (Phi) is 5.56. The van der Waals surface area contributed by atoms with Crippen molar-refractivity contribution in [2.45, 2.75) is 12.5 Å². The van der Waals surface area contributed by atoms with Gasteiger partial charge in [-0.2, -0.15) is 11.8 Å². The highest BCUT2D eigenvalue weighted by atomic mass is 32.2. The van der Waals surface area contributed by atoms with Crippen LogP contribution in [0, 0.1) is 10.1 Å². The zero-order chi connectivity index (χ0) is 15.3. The number of nitrogens with one attached hydrogen (secondary N) is 1. The first-order valence-corrected chi connectivity index (χ1v) is 7.09. The van der Waals surface area contributed by atoms with Gasteiger partial charge in [0.15, 0.2) is 0 Å². The van der Waals surface area contributed by atoms with E-state index in [0.29, 0.717) is 5.75 Å². The average Bonchev–Trinajstić information content (AvgIpc) is 2.76. The molecule has 0 unspecified atom stereocenters. The number of nitrogens with zero attached hydrogens (tertiary/aromatic N) is 2. The van der Waals surface area contributed by atoms with Gasteiger partial charge in [-0.3, -0.25) is 14.9 Å². The summed E-state index contributed by atoms with van der Waals surface area (Å²) in [5.41, 5.74) is -0.166. The smallest absolute Gasteiger partial charge is 0.326 e. The van der Waals surface area contributed by atoms with Gasteiger partial charge in [-0.1, -0.05) is 0 Å². The zero-order valence-electron chi connectivity index (χ0n) is 11.0. The quantitative estimate of drug-likeness (QED) is 0.570. The summed E-state index contributed by atoms with van der Waals surface area (Å²) in [5.74, 6) is -1.19. The largest absolute Gasteiger partial charge is 0.480 e. The number of carboxylic acids is 1. The Labute approximate surface area is 119 Å². The maximum Gasteiger partial charge on any atom is 0.326 e. The molecule has 1 heterocycles. The maximum absolute atomic E-state index is 12.0. The van der Waals surface area contributed by atoms with Crippen LogP contribution in [0.25, 0.3) is 0 Å². The molecule has 8 nitrogen and oxygen atoms in total. The van der Waals surface area contributed by atoms with Gasteiger partial charge >= 0.3 is 5.97 Å². The van der Waals surface area contributed by atoms with Crippen molar-refractivity contribution >= 4 is 29.3 Å². The van der Waals surface area contributed by atoms with Gasteiger partial charge in [0.25, 0.3) is 11.6 Å². The van der Waals surface area contributed by atoms with Gasteiger partial charge in [0, 0.05) is 13.1 Å². The third-order valence-electron chi connectivity index (χ3n) is 2.65. The molecular weight excluding hydrogens is 286 g/mol. The van der Waals surface area contributed by atoms with Crippen LogP contribution in [0.15, 0.2) is 12.3 Å². The van der Waals surface area contributed by atoms with Crippen LogP contribution in [0.4, 0.5) is 5.69 Å². The fourth-order valence-electron chi connectivity index (χ4n) is 1.60. The molecule has 0 spiro atoms. The van der Waals surface area contributed by atoms with Gasteiger partial charge in [0.2, 0.25) is 0 Å². The summed E-state index contributed by atoms with van der Waals surface area (Å²) in [5, 5.41) is 22.0. The highest BCUT2D eigenvalue weighted by molar-refractivity contribution is 7.98. The van der Waals surface area contributed by atoms with Crippen molar-refractivity contribution in [1.29, 1.82) is 0 Å². The molecule has 0 saturated carbocycles. The van der Waals surface area contributed by atoms with E-state index in [4.69, 9.17) is 5.11 Å². The monoisotopic (exact) mass is 301 g/mol. The number of carbonyl (C=O) groups is 2. The third kappa shape index (κ3) is 3.98. The standard InChI is InChI=1S/C11H15N3O5S/c1-13-6-7(14(18)19)5-9(13)10(15)12-8(11(16)17)3-4-20-2/h5-6,8H,3-4H2,1-2H3,(H,12,15)(H,16,17)/t8-/m1/s1. The van der Waals surface area contributed by atoms with Gasteiger partial charge in [-0.05, 0) is 18.4 Å². The number of hydrogen-bond donors (Lipinski definition) is 2. The van der Waals surface area contributed by atoms with Gasteiger partial charge < -0.3 is 15.0 Å². The van der Waals surface area contributed by atoms with Crippen LogP contribution in [-0.2, 0) is 11.8 Å². The molecule has 1 rings (SSSR count). The summed E-state index contributed by atoms with van der Waals surface area (Å²) in [6.07, 6.45) is 3.32. The molecule has 0 fully saturated rings. The Morgan fingerprint density at radius 1 is 1.60 bits per heavy atom. The molecule has 0 aromatic carbocycles. The number of nitro groups is 1. The second-order valence-corrected chi connectivity index (χ2v) is 5.08. The fourth-order valence-corrected chi connectivity index (χ4v) is 2.07. The minimum atomic E-state index is -1.13. The lowest BCUT2D eigenvalue weighted by atomic mass is 10.2. The Morgan fingerprint density at radius 2 is 2.25 bits per heavy atom. The first-order valence-electron chi connectivity index (χ1n) is 5.70. The molecule has 1 aromatic heterocycles. The van der Waals surface area contributed by atoms with Crippen LogP contribution in [0.3, 0.4) is 0 Å². The van der Waals surface area contributed by atoms with E-state index in [1.165, 1.54) is 29.6 Å². The van der Waals surface area contributed by atoms with Crippen molar-refractivity contribution in [1.82, 2.24) is 9.88 Å². The number of carbonyl (C=O) groups excluding carboxylic acids is 1. The van der Waals surface area contributed by atoms with E-state index in [2.05, 4.69) is 5.32 Å². The Morgan fingerprint density at radius 3 is 2.70 bits per heavy atom. The van der Waals surface area contributed by atoms with Gasteiger partial charge in [-0.25, -0.2) is 4.79 Å². The molecule has 0 aliphatic heterocycles. The number of aryl methyl sites for hydroxylation is 1. The number of thioether (sulfide) groups is 1. The average molecular weight is 301 g/mol. The number of aliphatic carboxylic acids is 1. The lowest BCUT2D eigenvalue weighted by Gasteiger charge is -2.13. The molecule has 0 radical (unpaired) electrons. The van der Waals surface area contributed by atoms with E-state index in [1.54, 1.807) is 0 Å². The number of rotatable bonds is 7. The van der Waals surface area contributed by atoms with E-state index >= 15 is 0 Å². The SMILES string of the molecule is CSCC[C@@H](NC(=O)c1cc([N+](=O)[O-])cn1C)C(=O)O. The molecule has 20 heavy (non-hydrogen) atoms. The Hall–Kier alpha value is -2.03. The maximum atomic E-state index is 12.0. The highest BCUT2D eigenvalue weighted by Crippen LogP contribution is 2.15. The molecule has 1 amide bonds. The molecule has 0 saturated heterocycles. The summed E-state index contributed by atoms with van der Waals surface area (Å²) in [7, 11) is 1.49. The van der Waals surface area contributed by atoms with Crippen molar-refractivity contribution < 1.29 is 19.6 Å². The molecule has 1 aromatic rings. The molecule has 0 aliphatic carbocycles. The molecule has 0 bridgehead atoms. The van der Waals surface area contributed by atoms with Crippen LogP contribution >= 0.6 is 11.8 Å². The van der Waals surface area contributed by atoms with Crippen LogP contribution in [-0.4, -0.2) is 44.5 Å². The number of aromatic nitrogens is 1. The molecular formula is C11H15N3O5S. The van der Waals surface area contributed by atoms with E-state index in [9.17, 15) is 19.7 Å². The van der Waals surface area contributed by atoms with Crippen LogP contribution in [0.5, 0.6) is 0 Å². The van der Waals surface area contributed by atoms with Gasteiger partial charge in [-0.15, -0.1) is 0 Å². The van der Waals surface area contributed by atoms with E-state index in [-0.39, 0.29) is 17.8 Å². The van der Waals surface area contributed by atoms with Crippen LogP contribution in [0.1, 0.15) is 16.9 Å². The summed E-state index contributed by atoms with van der Waals surface area (Å²) >= 11 is 1.47. The molecule has 110 valence electrons. The van der Waals surface area contributed by atoms with Crippen molar-refractivity contribution in [2.75, 3.05) is 12.0 Å². The minimum Gasteiger partial charge on any atom is -0.480 e. The van der Waals surface area contributed by atoms with Gasteiger partial charge in [0.1, 0.15) is 11.7 Å². The van der Waals surface area contributed by atoms with Crippen molar-refractivity contribution in [3.8, 4) is 0 Å². The predicted octanol–water partition coefficient (Wildman–Crippen LogP) is 0.869. The van der Waals surface area contributed by atoms with Gasteiger partial charge in [0.05, 0.1) is 11.1 Å². The third-order valence-corrected chi connectivity index (χ3v) is 3.29. The van der Waals surface area contributed by atoms with Crippen LogP contribution < -0.4 is 5.32 Å². The predicted molar refractivity (Wildman–Crippen MR) is 74.0 cm³/mol. The van der Waals surface area contributed by atoms with Crippen LogP contribution in [0.2, 0.25) is 0 Å². The topological polar surface area (TPSA) is 114 Å². The summed E-state index contributed by atoms with van der Waals surface area (Å²) in [4.78, 5) is 33.0. The summed E-state index contributed by atoms with van der Waals surface area (Å²) in [6.45, 7) is 0. The normalized spacial score (nSPS) is 11.9. The lowest BCUT2D eigenvalue weighted by molar-refractivity contribution is -0.384. The van der Waals surface area contributed by atoms with Crippen molar-refractivity contribution in [3.05, 3.63) is 28.1 Å². The molecule has 1 atom stereocenters. The number of amides is 1. The first kappa shape index (κ1) is 16.0. The van der Waals surface area contributed by atoms with E-state index < -0.39 is 22.8 Å². The molecule has 9 heteroatoms. The molecule has 0 aliphatic rings. The van der Waals surface area contributed by atoms with Crippen molar-refractivity contribution in [3.63, 3.8) is 0 Å². The zero-order valence-corrected chi connectivity index (χ0v) is 11.8. The Balaban J connectivity index is 2.83. The lowest BCUT2D eigenvalue weighted by Crippen LogP contribution is -2.41. The second kappa shape index (κ2) is 6.94. The number of hydrogen-bond acceptors (Lipinski definition) is 5. The number of carboxylic acid groups (broad SMARTS) is 1. The fraction of sp³-hybridized carbons (Fsp3) is 0.455. The molecule has 2 N–H and O–H groups in total. The summed E-state index contributed by atoms with van der Waals surface area (Å²) in [6, 6.07) is 0.104. The second-order valence-electron chi connectivity index (χ2n) is 4.10. The van der Waals surface area contributed by atoms with E-state index in [0.717, 1.165) is 6.07 Å². The van der Waals surface area contributed by atoms with E-state index in [1.807, 2.05) is 6.26 Å². The Bertz CT molecular complexity index is 528. The van der Waals surface area contributed by atoms with Crippen molar-refractivity contribution in [2.24, 2.45) is 7.05 Å². The highest BCUT2D eigenvalue weighted by Gasteiger charge is 2.23.